The van der Waals surface area contributed by atoms with Crippen LogP contribution in [0.1, 0.15) is 20.7 Å². The van der Waals surface area contributed by atoms with E-state index in [-0.39, 0.29) is 21.9 Å². The first-order valence-electron chi connectivity index (χ1n) is 7.27. The highest BCUT2D eigenvalue weighted by Gasteiger charge is 2.19. The minimum absolute atomic E-state index is 0.124. The van der Waals surface area contributed by atoms with Crippen LogP contribution in [0.2, 0.25) is 10.0 Å². The average molecular weight is 399 g/mol. The van der Waals surface area contributed by atoms with Crippen molar-refractivity contribution in [1.82, 2.24) is 10.9 Å². The predicted octanol–water partition coefficient (Wildman–Crippen LogP) is 3.09. The number of carbonyl (C=O) groups excluding carboxylic acids is 2. The van der Waals surface area contributed by atoms with Gasteiger partial charge in [0.15, 0.2) is 11.5 Å². The van der Waals surface area contributed by atoms with Gasteiger partial charge in [0, 0.05) is 17.2 Å². The molecule has 2 N–H and O–H groups in total. The van der Waals surface area contributed by atoms with E-state index >= 15 is 0 Å². The van der Waals surface area contributed by atoms with Crippen LogP contribution >= 0.6 is 23.2 Å². The summed E-state index contributed by atoms with van der Waals surface area (Å²) in [6.45, 7) is 0. The zero-order chi connectivity index (χ0) is 19.3. The molecule has 0 saturated heterocycles. The smallest absolute Gasteiger partial charge is 0.273 e. The summed E-state index contributed by atoms with van der Waals surface area (Å²) in [6, 6.07) is 7.36. The maximum Gasteiger partial charge on any atom is 0.273 e. The number of methoxy groups -OCH3 is 3. The highest BCUT2D eigenvalue weighted by Crippen LogP contribution is 2.34. The van der Waals surface area contributed by atoms with E-state index < -0.39 is 11.8 Å². The summed E-state index contributed by atoms with van der Waals surface area (Å²) in [7, 11) is 4.31. The van der Waals surface area contributed by atoms with Gasteiger partial charge in [-0.05, 0) is 18.2 Å². The van der Waals surface area contributed by atoms with E-state index in [1.807, 2.05) is 0 Å². The molecule has 0 aromatic heterocycles. The normalized spacial score (nSPS) is 10.0. The molecular formula is C17H16Cl2N2O5. The molecule has 0 aliphatic rings. The van der Waals surface area contributed by atoms with Crippen LogP contribution in [0.3, 0.4) is 0 Å². The number of hydrogen-bond acceptors (Lipinski definition) is 5. The van der Waals surface area contributed by atoms with Crippen molar-refractivity contribution in [2.24, 2.45) is 0 Å². The van der Waals surface area contributed by atoms with E-state index in [4.69, 9.17) is 37.4 Å². The van der Waals surface area contributed by atoms with E-state index in [0.29, 0.717) is 16.5 Å². The van der Waals surface area contributed by atoms with Crippen molar-refractivity contribution in [2.75, 3.05) is 21.3 Å². The third-order valence-electron chi connectivity index (χ3n) is 3.41. The van der Waals surface area contributed by atoms with E-state index in [9.17, 15) is 9.59 Å². The lowest BCUT2D eigenvalue weighted by Gasteiger charge is -2.14. The fourth-order valence-electron chi connectivity index (χ4n) is 2.13. The minimum Gasteiger partial charge on any atom is -0.496 e. The molecule has 26 heavy (non-hydrogen) atoms. The molecule has 0 bridgehead atoms. The lowest BCUT2D eigenvalue weighted by Crippen LogP contribution is -2.41. The molecule has 9 heteroatoms. The zero-order valence-corrected chi connectivity index (χ0v) is 15.7. The third kappa shape index (κ3) is 4.30. The molecule has 0 fully saturated rings. The number of hydrazine groups is 1. The van der Waals surface area contributed by atoms with E-state index in [1.54, 1.807) is 6.07 Å². The molecule has 0 unspecified atom stereocenters. The Balaban J connectivity index is 2.19. The molecule has 0 aliphatic heterocycles. The van der Waals surface area contributed by atoms with Crippen LogP contribution in [0.5, 0.6) is 17.2 Å². The van der Waals surface area contributed by atoms with Crippen LogP contribution in [0, 0.1) is 0 Å². The van der Waals surface area contributed by atoms with Crippen molar-refractivity contribution in [3.63, 3.8) is 0 Å². The summed E-state index contributed by atoms with van der Waals surface area (Å²) in [6.07, 6.45) is 0. The predicted molar refractivity (Wildman–Crippen MR) is 97.5 cm³/mol. The van der Waals surface area contributed by atoms with E-state index in [2.05, 4.69) is 10.9 Å². The molecule has 2 aromatic carbocycles. The first-order chi connectivity index (χ1) is 12.4. The molecule has 2 aromatic rings. The van der Waals surface area contributed by atoms with Gasteiger partial charge in [0.1, 0.15) is 5.75 Å². The average Bonchev–Trinajstić information content (AvgIpc) is 2.66. The first-order valence-corrected chi connectivity index (χ1v) is 8.02. The van der Waals surface area contributed by atoms with Crippen LogP contribution in [-0.4, -0.2) is 33.1 Å². The largest absolute Gasteiger partial charge is 0.496 e. The Hall–Kier alpha value is -2.64. The second-order valence-electron chi connectivity index (χ2n) is 4.94. The third-order valence-corrected chi connectivity index (χ3v) is 3.98. The van der Waals surface area contributed by atoms with Gasteiger partial charge in [0.2, 0.25) is 0 Å². The fourth-order valence-corrected chi connectivity index (χ4v) is 2.50. The number of carbonyl (C=O) groups is 2. The molecule has 2 rings (SSSR count). The number of benzene rings is 2. The van der Waals surface area contributed by atoms with Gasteiger partial charge in [0.25, 0.3) is 11.8 Å². The molecule has 0 atom stereocenters. The maximum atomic E-state index is 12.4. The molecular weight excluding hydrogens is 383 g/mol. The molecule has 0 saturated carbocycles. The summed E-state index contributed by atoms with van der Waals surface area (Å²) >= 11 is 11.8. The lowest BCUT2D eigenvalue weighted by molar-refractivity contribution is 0.0844. The standard InChI is InChI=1S/C17H16Cl2N2O5/c1-24-13-8-15(26-3)14(25-2)7-11(13)17(23)21-20-16(22)10-6-9(18)4-5-12(10)19/h4-8H,1-3H3,(H,20,22)(H,21,23). The van der Waals surface area contributed by atoms with Gasteiger partial charge in [-0.15, -0.1) is 0 Å². The highest BCUT2D eigenvalue weighted by molar-refractivity contribution is 6.35. The van der Waals surface area contributed by atoms with Crippen molar-refractivity contribution >= 4 is 35.0 Å². The van der Waals surface area contributed by atoms with Crippen molar-refractivity contribution in [3.8, 4) is 17.2 Å². The second-order valence-corrected chi connectivity index (χ2v) is 5.78. The van der Waals surface area contributed by atoms with Gasteiger partial charge in [-0.25, -0.2) is 0 Å². The molecule has 0 spiro atoms. The van der Waals surface area contributed by atoms with Crippen molar-refractivity contribution < 1.29 is 23.8 Å². The fraction of sp³-hybridized carbons (Fsp3) is 0.176. The van der Waals surface area contributed by atoms with Gasteiger partial charge in [-0.3, -0.25) is 20.4 Å². The summed E-state index contributed by atoms with van der Waals surface area (Å²) < 4.78 is 15.5. The number of hydrogen-bond donors (Lipinski definition) is 2. The number of amides is 2. The van der Waals surface area contributed by atoms with Crippen molar-refractivity contribution in [3.05, 3.63) is 51.5 Å². The number of ether oxygens (including phenoxy) is 3. The Morgan fingerprint density at radius 3 is 1.88 bits per heavy atom. The quantitative estimate of drug-likeness (QED) is 0.755. The lowest BCUT2D eigenvalue weighted by atomic mass is 10.1. The number of rotatable bonds is 5. The first kappa shape index (κ1) is 19.7. The van der Waals surface area contributed by atoms with Gasteiger partial charge in [-0.1, -0.05) is 23.2 Å². The minimum atomic E-state index is -0.620. The van der Waals surface area contributed by atoms with Crippen molar-refractivity contribution in [2.45, 2.75) is 0 Å². The molecule has 0 aliphatic carbocycles. The van der Waals surface area contributed by atoms with Gasteiger partial charge in [-0.2, -0.15) is 0 Å². The van der Waals surface area contributed by atoms with E-state index in [1.165, 1.54) is 45.6 Å². The SMILES string of the molecule is COc1cc(OC)c(C(=O)NNC(=O)c2cc(Cl)ccc2Cl)cc1OC. The molecule has 2 amide bonds. The van der Waals surface area contributed by atoms with Crippen LogP contribution in [0.4, 0.5) is 0 Å². The van der Waals surface area contributed by atoms with Crippen LogP contribution in [0.25, 0.3) is 0 Å². The highest BCUT2D eigenvalue weighted by atomic mass is 35.5. The summed E-state index contributed by atoms with van der Waals surface area (Å²) in [5.41, 5.74) is 4.83. The van der Waals surface area contributed by atoms with E-state index in [0.717, 1.165) is 0 Å². The van der Waals surface area contributed by atoms with Gasteiger partial charge < -0.3 is 14.2 Å². The summed E-state index contributed by atoms with van der Waals surface area (Å²) in [5, 5.41) is 0.539. The Morgan fingerprint density at radius 1 is 0.769 bits per heavy atom. The molecule has 0 radical (unpaired) electrons. The second kappa shape index (κ2) is 8.64. The topological polar surface area (TPSA) is 85.9 Å². The van der Waals surface area contributed by atoms with Crippen LogP contribution in [0.15, 0.2) is 30.3 Å². The monoisotopic (exact) mass is 398 g/mol. The van der Waals surface area contributed by atoms with Crippen molar-refractivity contribution in [1.29, 1.82) is 0 Å². The Bertz CT molecular complexity index is 842. The Labute approximate surface area is 160 Å². The number of nitrogens with one attached hydrogen (secondary N) is 2. The summed E-state index contributed by atoms with van der Waals surface area (Å²) in [5.74, 6) is -0.256. The Morgan fingerprint density at radius 2 is 1.31 bits per heavy atom. The van der Waals surface area contributed by atoms with Gasteiger partial charge >= 0.3 is 0 Å². The zero-order valence-electron chi connectivity index (χ0n) is 14.2. The van der Waals surface area contributed by atoms with Crippen LogP contribution in [-0.2, 0) is 0 Å². The Kier molecular flexibility index (Phi) is 6.54. The molecule has 7 nitrogen and oxygen atoms in total. The van der Waals surface area contributed by atoms with Crippen LogP contribution < -0.4 is 25.1 Å². The maximum absolute atomic E-state index is 12.4. The molecule has 0 heterocycles. The number of halogens is 2. The summed E-state index contributed by atoms with van der Waals surface area (Å²) in [4.78, 5) is 24.6. The molecule has 138 valence electrons. The van der Waals surface area contributed by atoms with Gasteiger partial charge in [0.05, 0.1) is 37.5 Å².